The number of benzene rings is 3. The van der Waals surface area contributed by atoms with Gasteiger partial charge in [0, 0.05) is 28.7 Å². The molecule has 1 aliphatic heterocycles. The predicted molar refractivity (Wildman–Crippen MR) is 133 cm³/mol. The summed E-state index contributed by atoms with van der Waals surface area (Å²) in [5.74, 6) is 0.128. The topological polar surface area (TPSA) is 66.8 Å². The summed E-state index contributed by atoms with van der Waals surface area (Å²) >= 11 is 0. The van der Waals surface area contributed by atoms with Crippen LogP contribution < -0.4 is 9.47 Å². The van der Waals surface area contributed by atoms with Gasteiger partial charge < -0.3 is 18.8 Å². The number of ether oxygens (including phenoxy) is 3. The highest BCUT2D eigenvalue weighted by atomic mass is 19.4. The van der Waals surface area contributed by atoms with Crippen LogP contribution in [0.15, 0.2) is 72.8 Å². The van der Waals surface area contributed by atoms with Crippen LogP contribution in [0.5, 0.6) is 11.5 Å². The molecule has 1 aromatic heterocycles. The molecule has 0 atom stereocenters. The number of aryl methyl sites for hydroxylation is 1. The minimum absolute atomic E-state index is 0.144. The van der Waals surface area contributed by atoms with Gasteiger partial charge in [-0.2, -0.15) is 13.2 Å². The number of hydrogen-bond donors (Lipinski definition) is 0. The Hall–Kier alpha value is -4.53. The van der Waals surface area contributed by atoms with E-state index in [1.807, 2.05) is 23.6 Å². The highest BCUT2D eigenvalue weighted by Crippen LogP contribution is 2.35. The van der Waals surface area contributed by atoms with Gasteiger partial charge in [-0.1, -0.05) is 30.3 Å². The van der Waals surface area contributed by atoms with Gasteiger partial charge in [0.05, 0.1) is 11.1 Å². The number of alkyl halides is 3. The third-order valence-electron chi connectivity index (χ3n) is 6.35. The molecule has 0 saturated heterocycles. The van der Waals surface area contributed by atoms with E-state index in [2.05, 4.69) is 0 Å². The Morgan fingerprint density at radius 2 is 1.61 bits per heavy atom. The molecule has 194 valence electrons. The molecule has 0 aliphatic carbocycles. The smallest absolute Gasteiger partial charge is 0.416 e. The normalized spacial score (nSPS) is 12.4. The molecule has 0 bridgehead atoms. The van der Waals surface area contributed by atoms with E-state index >= 15 is 0 Å². The van der Waals surface area contributed by atoms with Crippen molar-refractivity contribution in [3.05, 3.63) is 101 Å². The van der Waals surface area contributed by atoms with Crippen LogP contribution in [0.1, 0.15) is 37.7 Å². The predicted octanol–water partition coefficient (Wildman–Crippen LogP) is 6.55. The van der Waals surface area contributed by atoms with Crippen LogP contribution in [0.25, 0.3) is 16.8 Å². The van der Waals surface area contributed by atoms with Crippen molar-refractivity contribution < 1.29 is 37.0 Å². The van der Waals surface area contributed by atoms with Gasteiger partial charge in [-0.15, -0.1) is 0 Å². The molecule has 0 spiro atoms. The summed E-state index contributed by atoms with van der Waals surface area (Å²) in [4.78, 5) is 25.9. The van der Waals surface area contributed by atoms with Crippen molar-refractivity contribution in [1.82, 2.24) is 4.57 Å². The van der Waals surface area contributed by atoms with Crippen LogP contribution in [-0.2, 0) is 10.9 Å². The number of carbonyl (C=O) groups excluding carboxylic acids is 2. The van der Waals surface area contributed by atoms with E-state index < -0.39 is 24.3 Å². The summed E-state index contributed by atoms with van der Waals surface area (Å²) in [6.45, 7) is 3.32. The molecule has 0 saturated carbocycles. The number of aromatic nitrogens is 1. The maximum absolute atomic E-state index is 13.0. The Balaban J connectivity index is 1.33. The van der Waals surface area contributed by atoms with Crippen LogP contribution in [0.4, 0.5) is 13.2 Å². The molecule has 1 aliphatic rings. The summed E-state index contributed by atoms with van der Waals surface area (Å²) in [6.07, 6.45) is -4.46. The number of nitrogens with zero attached hydrogens (tertiary/aromatic N) is 1. The molecule has 4 aromatic rings. The Bertz CT molecular complexity index is 1540. The summed E-state index contributed by atoms with van der Waals surface area (Å²) in [7, 11) is 0. The molecule has 9 heteroatoms. The summed E-state index contributed by atoms with van der Waals surface area (Å²) in [5, 5.41) is 0. The highest BCUT2D eigenvalue weighted by Gasteiger charge is 2.30. The Labute approximate surface area is 216 Å². The van der Waals surface area contributed by atoms with Gasteiger partial charge in [0.2, 0.25) is 12.6 Å². The molecule has 5 rings (SSSR count). The second-order valence-electron chi connectivity index (χ2n) is 8.78. The zero-order chi connectivity index (χ0) is 27.0. The number of esters is 1. The quantitative estimate of drug-likeness (QED) is 0.213. The number of carbonyl (C=O) groups is 2. The van der Waals surface area contributed by atoms with Gasteiger partial charge >= 0.3 is 12.1 Å². The molecule has 2 heterocycles. The van der Waals surface area contributed by atoms with E-state index in [0.717, 1.165) is 23.5 Å². The SMILES string of the molecule is Cc1cc(C(=O)COC(=O)c2ccccc2-c2ccc(C(F)(F)F)cc2)c(C)n1-c1ccc2c(c1)OCO2. The first-order valence-electron chi connectivity index (χ1n) is 11.7. The Morgan fingerprint density at radius 1 is 0.895 bits per heavy atom. The summed E-state index contributed by atoms with van der Waals surface area (Å²) in [6, 6.07) is 18.1. The first-order valence-corrected chi connectivity index (χ1v) is 11.7. The third kappa shape index (κ3) is 4.74. The van der Waals surface area contributed by atoms with Crippen LogP contribution in [-0.4, -0.2) is 29.7 Å². The maximum atomic E-state index is 13.0. The lowest BCUT2D eigenvalue weighted by Crippen LogP contribution is -2.15. The highest BCUT2D eigenvalue weighted by molar-refractivity contribution is 6.02. The zero-order valence-electron chi connectivity index (χ0n) is 20.5. The van der Waals surface area contributed by atoms with Crippen molar-refractivity contribution in [2.45, 2.75) is 20.0 Å². The lowest BCUT2D eigenvalue weighted by molar-refractivity contribution is -0.137. The first-order chi connectivity index (χ1) is 18.1. The van der Waals surface area contributed by atoms with Gasteiger partial charge in [-0.25, -0.2) is 4.79 Å². The van der Waals surface area contributed by atoms with Gasteiger partial charge in [0.1, 0.15) is 0 Å². The summed E-state index contributed by atoms with van der Waals surface area (Å²) < 4.78 is 56.8. The number of ketones is 1. The van der Waals surface area contributed by atoms with Crippen LogP contribution >= 0.6 is 0 Å². The van der Waals surface area contributed by atoms with E-state index in [9.17, 15) is 22.8 Å². The number of hydrogen-bond acceptors (Lipinski definition) is 5. The fraction of sp³-hybridized carbons (Fsp3) is 0.172. The van der Waals surface area contributed by atoms with Crippen molar-refractivity contribution in [2.75, 3.05) is 13.4 Å². The van der Waals surface area contributed by atoms with E-state index in [1.54, 1.807) is 37.3 Å². The third-order valence-corrected chi connectivity index (χ3v) is 6.35. The molecule has 0 amide bonds. The lowest BCUT2D eigenvalue weighted by atomic mass is 9.98. The molecule has 0 N–H and O–H groups in total. The molecule has 3 aromatic carbocycles. The molecule has 0 radical (unpaired) electrons. The molecule has 38 heavy (non-hydrogen) atoms. The van der Waals surface area contributed by atoms with E-state index in [1.165, 1.54) is 18.2 Å². The number of rotatable bonds is 6. The number of fused-ring (bicyclic) bond motifs is 1. The molecule has 0 unspecified atom stereocenters. The van der Waals surface area contributed by atoms with Crippen molar-refractivity contribution in [1.29, 1.82) is 0 Å². The average Bonchev–Trinajstić information content (AvgIpc) is 3.49. The largest absolute Gasteiger partial charge is 0.454 e. The zero-order valence-corrected chi connectivity index (χ0v) is 20.5. The standard InChI is InChI=1S/C29H22F3NO5/c1-17-13-24(18(2)33(17)21-11-12-26-27(14-21)38-16-37-26)25(34)15-36-28(35)23-6-4-3-5-22(23)19-7-9-20(10-8-19)29(30,31)32/h3-14H,15-16H2,1-2H3. The monoisotopic (exact) mass is 521 g/mol. The fourth-order valence-corrected chi connectivity index (χ4v) is 4.50. The first kappa shape index (κ1) is 25.1. The molecule has 0 fully saturated rings. The molecule has 6 nitrogen and oxygen atoms in total. The van der Waals surface area contributed by atoms with Crippen molar-refractivity contribution >= 4 is 11.8 Å². The fourth-order valence-electron chi connectivity index (χ4n) is 4.50. The van der Waals surface area contributed by atoms with Gasteiger partial charge in [0.25, 0.3) is 0 Å². The average molecular weight is 521 g/mol. The van der Waals surface area contributed by atoms with Crippen molar-refractivity contribution in [3.63, 3.8) is 0 Å². The Kier molecular flexibility index (Phi) is 6.44. The van der Waals surface area contributed by atoms with E-state index in [0.29, 0.717) is 33.9 Å². The second-order valence-corrected chi connectivity index (χ2v) is 8.78. The maximum Gasteiger partial charge on any atom is 0.416 e. The molecular weight excluding hydrogens is 499 g/mol. The van der Waals surface area contributed by atoms with Crippen molar-refractivity contribution in [3.8, 4) is 28.3 Å². The van der Waals surface area contributed by atoms with Gasteiger partial charge in [-0.05, 0) is 61.4 Å². The summed E-state index contributed by atoms with van der Waals surface area (Å²) in [5.41, 5.74) is 2.87. The van der Waals surface area contributed by atoms with Crippen molar-refractivity contribution in [2.24, 2.45) is 0 Å². The molecular formula is C29H22F3NO5. The van der Waals surface area contributed by atoms with Crippen LogP contribution in [0.3, 0.4) is 0 Å². The van der Waals surface area contributed by atoms with Gasteiger partial charge in [0.15, 0.2) is 18.1 Å². The van der Waals surface area contributed by atoms with Gasteiger partial charge in [-0.3, -0.25) is 4.79 Å². The lowest BCUT2D eigenvalue weighted by Gasteiger charge is -2.12. The number of Topliss-reactive ketones (excluding diaryl/α,β-unsaturated/α-hetero) is 1. The Morgan fingerprint density at radius 3 is 2.34 bits per heavy atom. The number of halogens is 3. The minimum Gasteiger partial charge on any atom is -0.454 e. The van der Waals surface area contributed by atoms with E-state index in [4.69, 9.17) is 14.2 Å². The van der Waals surface area contributed by atoms with Crippen LogP contribution in [0.2, 0.25) is 0 Å². The minimum atomic E-state index is -4.46. The second kappa shape index (κ2) is 9.74. The van der Waals surface area contributed by atoms with E-state index in [-0.39, 0.29) is 18.1 Å². The van der Waals surface area contributed by atoms with Crippen LogP contribution in [0, 0.1) is 13.8 Å².